The quantitative estimate of drug-likeness (QED) is 0.444. The van der Waals surface area contributed by atoms with Gasteiger partial charge in [0.2, 0.25) is 0 Å². The number of quaternary nitrogens is 2. The highest BCUT2D eigenvalue weighted by Crippen LogP contribution is 2.21. The van der Waals surface area contributed by atoms with Crippen molar-refractivity contribution in [2.24, 2.45) is 0 Å². The van der Waals surface area contributed by atoms with Crippen LogP contribution in [0.3, 0.4) is 0 Å². The SMILES string of the molecule is Cc1ccc(OCCCC[NH2+]CC[NH+]2CCOCC2)c(I)c1. The van der Waals surface area contributed by atoms with Crippen molar-refractivity contribution in [2.75, 3.05) is 52.5 Å². The average Bonchev–Trinajstić information content (AvgIpc) is 2.52. The van der Waals surface area contributed by atoms with Crippen LogP contribution in [0.4, 0.5) is 0 Å². The van der Waals surface area contributed by atoms with E-state index in [1.165, 1.54) is 48.3 Å². The Morgan fingerprint density at radius 3 is 2.82 bits per heavy atom. The van der Waals surface area contributed by atoms with E-state index in [4.69, 9.17) is 9.47 Å². The van der Waals surface area contributed by atoms with Crippen molar-refractivity contribution in [1.29, 1.82) is 0 Å². The van der Waals surface area contributed by atoms with Crippen LogP contribution in [0.5, 0.6) is 5.75 Å². The van der Waals surface area contributed by atoms with Crippen LogP contribution in [0.1, 0.15) is 18.4 Å². The molecule has 0 aliphatic carbocycles. The van der Waals surface area contributed by atoms with Crippen LogP contribution in [-0.4, -0.2) is 52.5 Å². The second kappa shape index (κ2) is 10.4. The highest BCUT2D eigenvalue weighted by Gasteiger charge is 2.13. The van der Waals surface area contributed by atoms with Gasteiger partial charge in [-0.1, -0.05) is 6.07 Å². The highest BCUT2D eigenvalue weighted by molar-refractivity contribution is 14.1. The number of unbranched alkanes of at least 4 members (excludes halogenated alkanes) is 1. The molecule has 22 heavy (non-hydrogen) atoms. The molecule has 1 saturated heterocycles. The lowest BCUT2D eigenvalue weighted by molar-refractivity contribution is -0.919. The molecule has 0 aromatic heterocycles. The van der Waals surface area contributed by atoms with E-state index in [-0.39, 0.29) is 0 Å². The van der Waals surface area contributed by atoms with Crippen LogP contribution in [0, 0.1) is 10.5 Å². The molecule has 1 fully saturated rings. The first kappa shape index (κ1) is 18.0. The molecule has 3 N–H and O–H groups in total. The van der Waals surface area contributed by atoms with Crippen LogP contribution < -0.4 is 15.0 Å². The van der Waals surface area contributed by atoms with Crippen molar-refractivity contribution in [3.8, 4) is 5.75 Å². The molecule has 0 bridgehead atoms. The predicted molar refractivity (Wildman–Crippen MR) is 96.7 cm³/mol. The zero-order valence-electron chi connectivity index (χ0n) is 13.6. The Hall–Kier alpha value is -0.370. The Bertz CT molecular complexity index is 437. The van der Waals surface area contributed by atoms with Gasteiger partial charge < -0.3 is 19.7 Å². The lowest BCUT2D eigenvalue weighted by atomic mass is 10.2. The first-order chi connectivity index (χ1) is 10.8. The fraction of sp³-hybridized carbons (Fsp3) is 0.647. The van der Waals surface area contributed by atoms with Crippen molar-refractivity contribution in [3.05, 3.63) is 27.3 Å². The molecule has 0 amide bonds. The molecule has 124 valence electrons. The predicted octanol–water partition coefficient (Wildman–Crippen LogP) is 0.237. The zero-order chi connectivity index (χ0) is 15.6. The number of rotatable bonds is 9. The largest absolute Gasteiger partial charge is 0.492 e. The molecular weight excluding hydrogens is 391 g/mol. The van der Waals surface area contributed by atoms with E-state index in [9.17, 15) is 0 Å². The van der Waals surface area contributed by atoms with Gasteiger partial charge >= 0.3 is 0 Å². The maximum Gasteiger partial charge on any atom is 0.132 e. The first-order valence-electron chi connectivity index (χ1n) is 8.37. The maximum atomic E-state index is 5.85. The number of halogens is 1. The topological polar surface area (TPSA) is 39.5 Å². The van der Waals surface area contributed by atoms with Gasteiger partial charge in [-0.15, -0.1) is 0 Å². The molecule has 0 radical (unpaired) electrons. The summed E-state index contributed by atoms with van der Waals surface area (Å²) in [7, 11) is 0. The van der Waals surface area contributed by atoms with Crippen molar-refractivity contribution >= 4 is 22.6 Å². The van der Waals surface area contributed by atoms with E-state index < -0.39 is 0 Å². The molecule has 5 heteroatoms. The molecule has 0 unspecified atom stereocenters. The second-order valence-electron chi connectivity index (χ2n) is 5.97. The molecule has 1 aliphatic rings. The summed E-state index contributed by atoms with van der Waals surface area (Å²) < 4.78 is 12.4. The summed E-state index contributed by atoms with van der Waals surface area (Å²) in [6.45, 7) is 10.9. The van der Waals surface area contributed by atoms with E-state index in [0.717, 1.165) is 32.0 Å². The third-order valence-electron chi connectivity index (χ3n) is 4.05. The Balaban J connectivity index is 1.45. The number of nitrogens with one attached hydrogen (secondary N) is 1. The molecule has 0 saturated carbocycles. The number of benzene rings is 1. The number of ether oxygens (including phenoxy) is 2. The summed E-state index contributed by atoms with van der Waals surface area (Å²) in [5.74, 6) is 1.02. The number of aryl methyl sites for hydroxylation is 1. The molecule has 1 aromatic carbocycles. The standard InChI is InChI=1S/C17H27IN2O2/c1-15-4-5-17(16(18)14-15)22-11-3-2-6-19-7-8-20-9-12-21-13-10-20/h4-5,14,19H,2-3,6-13H2,1H3/p+2. The molecular formula is C17H29IN2O2+2. The van der Waals surface area contributed by atoms with Gasteiger partial charge in [-0.2, -0.15) is 0 Å². The monoisotopic (exact) mass is 420 g/mol. The summed E-state index contributed by atoms with van der Waals surface area (Å²) in [6, 6.07) is 6.35. The van der Waals surface area contributed by atoms with Crippen molar-refractivity contribution in [3.63, 3.8) is 0 Å². The van der Waals surface area contributed by atoms with E-state index in [0.29, 0.717) is 0 Å². The van der Waals surface area contributed by atoms with E-state index in [1.54, 1.807) is 4.90 Å². The maximum absolute atomic E-state index is 5.85. The van der Waals surface area contributed by atoms with Gasteiger partial charge in [-0.05, 0) is 60.1 Å². The smallest absolute Gasteiger partial charge is 0.132 e. The number of nitrogens with two attached hydrogens (primary N) is 1. The lowest BCUT2D eigenvalue weighted by Gasteiger charge is -2.22. The van der Waals surface area contributed by atoms with E-state index >= 15 is 0 Å². The van der Waals surface area contributed by atoms with Gasteiger partial charge in [0.1, 0.15) is 31.9 Å². The average molecular weight is 420 g/mol. The summed E-state index contributed by atoms with van der Waals surface area (Å²) in [5, 5.41) is 2.44. The van der Waals surface area contributed by atoms with Gasteiger partial charge in [0, 0.05) is 0 Å². The molecule has 1 aliphatic heterocycles. The minimum absolute atomic E-state index is 0.821. The van der Waals surface area contributed by atoms with Gasteiger partial charge in [0.15, 0.2) is 0 Å². The highest BCUT2D eigenvalue weighted by atomic mass is 127. The zero-order valence-corrected chi connectivity index (χ0v) is 15.7. The lowest BCUT2D eigenvalue weighted by Crippen LogP contribution is -3.16. The molecule has 0 atom stereocenters. The summed E-state index contributed by atoms with van der Waals surface area (Å²) >= 11 is 2.34. The minimum Gasteiger partial charge on any atom is -0.492 e. The molecule has 0 spiro atoms. The summed E-state index contributed by atoms with van der Waals surface area (Å²) in [5.41, 5.74) is 1.29. The molecule has 1 heterocycles. The van der Waals surface area contributed by atoms with Crippen LogP contribution in [0.2, 0.25) is 0 Å². The van der Waals surface area contributed by atoms with E-state index in [1.807, 2.05) is 0 Å². The van der Waals surface area contributed by atoms with Crippen molar-refractivity contribution in [1.82, 2.24) is 0 Å². The second-order valence-corrected chi connectivity index (χ2v) is 7.13. The number of hydrogen-bond acceptors (Lipinski definition) is 2. The van der Waals surface area contributed by atoms with Gasteiger partial charge in [-0.25, -0.2) is 0 Å². The molecule has 2 rings (SSSR count). The van der Waals surface area contributed by atoms with Crippen molar-refractivity contribution < 1.29 is 19.7 Å². The third kappa shape index (κ3) is 6.81. The van der Waals surface area contributed by atoms with Crippen LogP contribution in [-0.2, 0) is 4.74 Å². The van der Waals surface area contributed by atoms with Gasteiger partial charge in [0.05, 0.1) is 29.9 Å². The fourth-order valence-corrected chi connectivity index (χ4v) is 3.48. The molecule has 4 nitrogen and oxygen atoms in total. The van der Waals surface area contributed by atoms with E-state index in [2.05, 4.69) is 53.0 Å². The molecule has 1 aromatic rings. The van der Waals surface area contributed by atoms with Gasteiger partial charge in [0.25, 0.3) is 0 Å². The Labute approximate surface area is 147 Å². The van der Waals surface area contributed by atoms with Crippen LogP contribution in [0.25, 0.3) is 0 Å². The van der Waals surface area contributed by atoms with Crippen LogP contribution >= 0.6 is 22.6 Å². The number of morpholine rings is 1. The Kier molecular flexibility index (Phi) is 8.51. The fourth-order valence-electron chi connectivity index (χ4n) is 2.66. The third-order valence-corrected chi connectivity index (χ3v) is 4.89. The van der Waals surface area contributed by atoms with Crippen LogP contribution in [0.15, 0.2) is 18.2 Å². The Morgan fingerprint density at radius 1 is 1.23 bits per heavy atom. The minimum atomic E-state index is 0.821. The van der Waals surface area contributed by atoms with Crippen molar-refractivity contribution in [2.45, 2.75) is 19.8 Å². The van der Waals surface area contributed by atoms with Gasteiger partial charge in [-0.3, -0.25) is 0 Å². The summed E-state index contributed by atoms with van der Waals surface area (Å²) in [6.07, 6.45) is 2.35. The Morgan fingerprint density at radius 2 is 2.05 bits per heavy atom. The summed E-state index contributed by atoms with van der Waals surface area (Å²) in [4.78, 5) is 1.69. The normalized spacial score (nSPS) is 15.9. The first-order valence-corrected chi connectivity index (χ1v) is 9.45. The number of hydrogen-bond donors (Lipinski definition) is 2.